The van der Waals surface area contributed by atoms with Crippen molar-refractivity contribution in [2.24, 2.45) is 0 Å². The highest BCUT2D eigenvalue weighted by Crippen LogP contribution is 2.37. The van der Waals surface area contributed by atoms with E-state index in [2.05, 4.69) is 15.9 Å². The van der Waals surface area contributed by atoms with Gasteiger partial charge >= 0.3 is 5.51 Å². The molecule has 1 unspecified atom stereocenters. The van der Waals surface area contributed by atoms with Crippen molar-refractivity contribution < 1.29 is 18.0 Å². The Hall–Kier alpha value is -0.490. The van der Waals surface area contributed by atoms with E-state index in [1.165, 1.54) is 12.1 Å². The van der Waals surface area contributed by atoms with E-state index >= 15 is 0 Å². The molecule has 1 atom stereocenters. The van der Waals surface area contributed by atoms with Crippen LogP contribution < -0.4 is 0 Å². The minimum Gasteiger partial charge on any atom is -0.293 e. The van der Waals surface area contributed by atoms with Crippen LogP contribution in [0, 0.1) is 0 Å². The van der Waals surface area contributed by atoms with Gasteiger partial charge < -0.3 is 0 Å². The molecule has 0 radical (unpaired) electrons. The Balaban J connectivity index is 3.14. The SMILES string of the molecule is CCc1ccc(SC(F)(F)F)cc1C(=O)C(C)Br. The molecule has 0 saturated carbocycles. The molecular weight excluding hydrogens is 329 g/mol. The number of benzene rings is 1. The van der Waals surface area contributed by atoms with Crippen LogP contribution in [-0.2, 0) is 6.42 Å². The number of hydrogen-bond acceptors (Lipinski definition) is 2. The second-order valence-electron chi connectivity index (χ2n) is 3.70. The average molecular weight is 341 g/mol. The fourth-order valence-corrected chi connectivity index (χ4v) is 2.33. The Morgan fingerprint density at radius 2 is 2.06 bits per heavy atom. The second kappa shape index (κ2) is 6.10. The number of thioether (sulfide) groups is 1. The normalized spacial score (nSPS) is 13.4. The third kappa shape index (κ3) is 4.31. The number of rotatable bonds is 4. The molecule has 0 heterocycles. The first-order valence-electron chi connectivity index (χ1n) is 5.31. The molecule has 0 aromatic heterocycles. The molecule has 0 aliphatic rings. The fourth-order valence-electron chi connectivity index (χ4n) is 1.50. The number of halogens is 4. The zero-order valence-corrected chi connectivity index (χ0v) is 12.2. The third-order valence-electron chi connectivity index (χ3n) is 2.32. The smallest absolute Gasteiger partial charge is 0.293 e. The van der Waals surface area contributed by atoms with Crippen LogP contribution in [0.15, 0.2) is 23.1 Å². The lowest BCUT2D eigenvalue weighted by Crippen LogP contribution is -2.13. The number of ketones is 1. The van der Waals surface area contributed by atoms with Gasteiger partial charge in [0.2, 0.25) is 0 Å². The van der Waals surface area contributed by atoms with Crippen molar-refractivity contribution in [3.63, 3.8) is 0 Å². The summed E-state index contributed by atoms with van der Waals surface area (Å²) in [5, 5.41) is 0. The van der Waals surface area contributed by atoms with Crippen LogP contribution >= 0.6 is 27.7 Å². The van der Waals surface area contributed by atoms with Crippen molar-refractivity contribution in [3.05, 3.63) is 29.3 Å². The van der Waals surface area contributed by atoms with Crippen LogP contribution in [0.2, 0.25) is 0 Å². The predicted octanol–water partition coefficient (Wildman–Crippen LogP) is 4.83. The van der Waals surface area contributed by atoms with Gasteiger partial charge in [-0.2, -0.15) is 13.2 Å². The summed E-state index contributed by atoms with van der Waals surface area (Å²) in [5.41, 5.74) is -3.22. The standard InChI is InChI=1S/C12H12BrF3OS/c1-3-8-4-5-9(18-12(14,15)16)6-10(8)11(17)7(2)13/h4-7H,3H2,1-2H3. The summed E-state index contributed by atoms with van der Waals surface area (Å²) < 4.78 is 36.9. The van der Waals surface area contributed by atoms with Crippen molar-refractivity contribution in [1.82, 2.24) is 0 Å². The molecule has 0 aliphatic carbocycles. The van der Waals surface area contributed by atoms with Gasteiger partial charge in [-0.1, -0.05) is 28.9 Å². The van der Waals surface area contributed by atoms with Gasteiger partial charge in [0.1, 0.15) is 0 Å². The molecule has 0 fully saturated rings. The molecule has 0 aliphatic heterocycles. The lowest BCUT2D eigenvalue weighted by atomic mass is 10.0. The highest BCUT2D eigenvalue weighted by molar-refractivity contribution is 9.10. The molecule has 1 aromatic carbocycles. The van der Waals surface area contributed by atoms with E-state index < -0.39 is 10.3 Å². The van der Waals surface area contributed by atoms with Gasteiger partial charge in [0, 0.05) is 10.5 Å². The van der Waals surface area contributed by atoms with E-state index in [0.717, 1.165) is 5.56 Å². The molecule has 0 spiro atoms. The van der Waals surface area contributed by atoms with Gasteiger partial charge in [-0.3, -0.25) is 4.79 Å². The molecule has 1 rings (SSSR count). The Morgan fingerprint density at radius 3 is 2.50 bits per heavy atom. The Morgan fingerprint density at radius 1 is 1.44 bits per heavy atom. The van der Waals surface area contributed by atoms with E-state index in [-0.39, 0.29) is 22.4 Å². The van der Waals surface area contributed by atoms with Crippen LogP contribution in [0.5, 0.6) is 0 Å². The summed E-state index contributed by atoms with van der Waals surface area (Å²) in [6.45, 7) is 3.52. The number of carbonyl (C=O) groups is 1. The van der Waals surface area contributed by atoms with Crippen molar-refractivity contribution in [2.45, 2.75) is 35.5 Å². The monoisotopic (exact) mass is 340 g/mol. The number of carbonyl (C=O) groups excluding carboxylic acids is 1. The lowest BCUT2D eigenvalue weighted by molar-refractivity contribution is -0.0328. The van der Waals surface area contributed by atoms with Crippen molar-refractivity contribution in [1.29, 1.82) is 0 Å². The number of hydrogen-bond donors (Lipinski definition) is 0. The lowest BCUT2D eigenvalue weighted by Gasteiger charge is -2.12. The summed E-state index contributed by atoms with van der Waals surface area (Å²) in [6, 6.07) is 4.29. The van der Waals surface area contributed by atoms with Crippen molar-refractivity contribution in [3.8, 4) is 0 Å². The molecule has 100 valence electrons. The molecule has 6 heteroatoms. The highest BCUT2D eigenvalue weighted by atomic mass is 79.9. The zero-order valence-electron chi connectivity index (χ0n) is 9.84. The molecule has 1 aromatic rings. The minimum absolute atomic E-state index is 0.0381. The first kappa shape index (κ1) is 15.6. The van der Waals surface area contributed by atoms with Gasteiger partial charge in [0.25, 0.3) is 0 Å². The average Bonchev–Trinajstić information content (AvgIpc) is 2.25. The minimum atomic E-state index is -4.34. The second-order valence-corrected chi connectivity index (χ2v) is 6.21. The molecular formula is C12H12BrF3OS. The van der Waals surface area contributed by atoms with Gasteiger partial charge in [-0.05, 0) is 42.8 Å². The van der Waals surface area contributed by atoms with E-state index in [1.54, 1.807) is 13.0 Å². The quantitative estimate of drug-likeness (QED) is 0.443. The van der Waals surface area contributed by atoms with Crippen LogP contribution in [0.1, 0.15) is 29.8 Å². The summed E-state index contributed by atoms with van der Waals surface area (Å²) in [7, 11) is 0. The molecule has 0 saturated heterocycles. The first-order valence-corrected chi connectivity index (χ1v) is 7.04. The van der Waals surface area contributed by atoms with E-state index in [1.807, 2.05) is 6.92 Å². The summed E-state index contributed by atoms with van der Waals surface area (Å²) in [6.07, 6.45) is 0.609. The van der Waals surface area contributed by atoms with E-state index in [9.17, 15) is 18.0 Å². The summed E-state index contributed by atoms with van der Waals surface area (Å²) >= 11 is 2.94. The summed E-state index contributed by atoms with van der Waals surface area (Å²) in [4.78, 5) is 11.5. The molecule has 18 heavy (non-hydrogen) atoms. The molecule has 0 N–H and O–H groups in total. The van der Waals surface area contributed by atoms with Gasteiger partial charge in [-0.25, -0.2) is 0 Å². The highest BCUT2D eigenvalue weighted by Gasteiger charge is 2.29. The van der Waals surface area contributed by atoms with Crippen molar-refractivity contribution >= 4 is 33.5 Å². The predicted molar refractivity (Wildman–Crippen MR) is 70.5 cm³/mol. The number of alkyl halides is 4. The topological polar surface area (TPSA) is 17.1 Å². The first-order chi connectivity index (χ1) is 8.24. The maximum atomic E-state index is 12.3. The molecule has 0 bridgehead atoms. The maximum Gasteiger partial charge on any atom is 0.446 e. The van der Waals surface area contributed by atoms with Gasteiger partial charge in [0.05, 0.1) is 4.83 Å². The van der Waals surface area contributed by atoms with Crippen molar-refractivity contribution in [2.75, 3.05) is 0 Å². The van der Waals surface area contributed by atoms with Crippen LogP contribution in [0.25, 0.3) is 0 Å². The number of Topliss-reactive ketones (excluding diaryl/α,β-unsaturated/α-hetero) is 1. The molecule has 0 amide bonds. The Bertz CT molecular complexity index is 443. The van der Waals surface area contributed by atoms with Crippen LogP contribution in [0.3, 0.4) is 0 Å². The zero-order chi connectivity index (χ0) is 13.9. The van der Waals surface area contributed by atoms with E-state index in [4.69, 9.17) is 0 Å². The molecule has 1 nitrogen and oxygen atoms in total. The van der Waals surface area contributed by atoms with Crippen LogP contribution in [-0.4, -0.2) is 16.1 Å². The Kier molecular flexibility index (Phi) is 5.28. The third-order valence-corrected chi connectivity index (χ3v) is 3.46. The van der Waals surface area contributed by atoms with Gasteiger partial charge in [0.15, 0.2) is 5.78 Å². The fraction of sp³-hybridized carbons (Fsp3) is 0.417. The summed E-state index contributed by atoms with van der Waals surface area (Å²) in [5.74, 6) is -0.198. The van der Waals surface area contributed by atoms with E-state index in [0.29, 0.717) is 12.0 Å². The number of aryl methyl sites for hydroxylation is 1. The largest absolute Gasteiger partial charge is 0.446 e. The van der Waals surface area contributed by atoms with Crippen LogP contribution in [0.4, 0.5) is 13.2 Å². The maximum absolute atomic E-state index is 12.3. The Labute approximate surface area is 116 Å². The van der Waals surface area contributed by atoms with Gasteiger partial charge in [-0.15, -0.1) is 0 Å².